The molecule has 0 spiro atoms. The van der Waals surface area contributed by atoms with Gasteiger partial charge in [-0.25, -0.2) is 4.98 Å². The summed E-state index contributed by atoms with van der Waals surface area (Å²) in [7, 11) is 0. The Bertz CT molecular complexity index is 794. The van der Waals surface area contributed by atoms with Gasteiger partial charge in [-0.1, -0.05) is 6.07 Å². The lowest BCUT2D eigenvalue weighted by atomic mass is 10.2. The predicted octanol–water partition coefficient (Wildman–Crippen LogP) is 3.42. The Labute approximate surface area is 160 Å². The van der Waals surface area contributed by atoms with Gasteiger partial charge in [0.05, 0.1) is 0 Å². The van der Waals surface area contributed by atoms with E-state index >= 15 is 0 Å². The minimum absolute atomic E-state index is 0.162. The first-order valence-corrected chi connectivity index (χ1v) is 9.55. The fourth-order valence-corrected chi connectivity index (χ4v) is 3.28. The minimum atomic E-state index is -0.321. The van der Waals surface area contributed by atoms with Crippen molar-refractivity contribution in [3.8, 4) is 0 Å². The van der Waals surface area contributed by atoms with Crippen LogP contribution < -0.4 is 10.2 Å². The van der Waals surface area contributed by atoms with Gasteiger partial charge in [0.15, 0.2) is 0 Å². The highest BCUT2D eigenvalue weighted by molar-refractivity contribution is 6.03. The normalized spacial score (nSPS) is 13.5. The maximum absolute atomic E-state index is 12.5. The van der Waals surface area contributed by atoms with Gasteiger partial charge in [0.25, 0.3) is 11.8 Å². The highest BCUT2D eigenvalue weighted by Crippen LogP contribution is 2.22. The van der Waals surface area contributed by atoms with Crippen molar-refractivity contribution in [3.05, 3.63) is 53.9 Å². The second kappa shape index (κ2) is 8.66. The van der Waals surface area contributed by atoms with Crippen LogP contribution in [0.1, 0.15) is 47.7 Å². The third-order valence-electron chi connectivity index (χ3n) is 4.85. The summed E-state index contributed by atoms with van der Waals surface area (Å²) < 4.78 is 0. The van der Waals surface area contributed by atoms with Crippen molar-refractivity contribution >= 4 is 23.2 Å². The quantitative estimate of drug-likeness (QED) is 0.851. The van der Waals surface area contributed by atoms with Crippen molar-refractivity contribution in [1.82, 2.24) is 9.88 Å². The lowest BCUT2D eigenvalue weighted by Gasteiger charge is -2.18. The fraction of sp³-hybridized carbons (Fsp3) is 0.381. The number of nitrogens with zero attached hydrogens (tertiary/aromatic N) is 3. The smallest absolute Gasteiger partial charge is 0.274 e. The number of rotatable bonds is 6. The molecule has 2 aromatic rings. The largest absolute Gasteiger partial charge is 0.372 e. The van der Waals surface area contributed by atoms with Crippen LogP contribution in [0.25, 0.3) is 0 Å². The van der Waals surface area contributed by atoms with E-state index in [2.05, 4.69) is 15.2 Å². The number of hydrogen-bond donors (Lipinski definition) is 1. The molecule has 0 unspecified atom stereocenters. The van der Waals surface area contributed by atoms with Crippen LogP contribution >= 0.6 is 0 Å². The van der Waals surface area contributed by atoms with Crippen LogP contribution in [-0.2, 0) is 0 Å². The van der Waals surface area contributed by atoms with Crippen LogP contribution in [0.15, 0.2) is 42.5 Å². The monoisotopic (exact) mass is 366 g/mol. The first kappa shape index (κ1) is 18.9. The number of amides is 2. The number of pyridine rings is 1. The topological polar surface area (TPSA) is 65.5 Å². The molecule has 6 heteroatoms. The van der Waals surface area contributed by atoms with Gasteiger partial charge in [-0.3, -0.25) is 9.59 Å². The summed E-state index contributed by atoms with van der Waals surface area (Å²) in [5, 5.41) is 2.85. The van der Waals surface area contributed by atoms with Crippen LogP contribution in [0.2, 0.25) is 0 Å². The molecule has 1 aliphatic rings. The lowest BCUT2D eigenvalue weighted by Crippen LogP contribution is -2.31. The van der Waals surface area contributed by atoms with Crippen molar-refractivity contribution < 1.29 is 9.59 Å². The van der Waals surface area contributed by atoms with Gasteiger partial charge in [-0.05, 0) is 63.1 Å². The summed E-state index contributed by atoms with van der Waals surface area (Å²) >= 11 is 0. The molecule has 1 saturated heterocycles. The van der Waals surface area contributed by atoms with E-state index in [1.807, 2.05) is 38.1 Å². The van der Waals surface area contributed by atoms with Gasteiger partial charge < -0.3 is 15.1 Å². The molecule has 6 nitrogen and oxygen atoms in total. The Morgan fingerprint density at radius 3 is 2.26 bits per heavy atom. The van der Waals surface area contributed by atoms with Gasteiger partial charge in [-0.2, -0.15) is 0 Å². The third kappa shape index (κ3) is 4.45. The highest BCUT2D eigenvalue weighted by Gasteiger charge is 2.17. The molecule has 1 fully saturated rings. The zero-order chi connectivity index (χ0) is 19.2. The van der Waals surface area contributed by atoms with Crippen LogP contribution in [-0.4, -0.2) is 47.9 Å². The van der Waals surface area contributed by atoms with Gasteiger partial charge >= 0.3 is 0 Å². The minimum Gasteiger partial charge on any atom is -0.372 e. The maximum Gasteiger partial charge on any atom is 0.274 e. The van der Waals surface area contributed by atoms with E-state index in [0.717, 1.165) is 13.1 Å². The SMILES string of the molecule is CCN(CC)C(=O)c1cccc(C(=O)Nc2ccc(N3CCCC3)cc2)n1. The summed E-state index contributed by atoms with van der Waals surface area (Å²) in [5.41, 5.74) is 2.41. The van der Waals surface area contributed by atoms with E-state index in [9.17, 15) is 9.59 Å². The molecule has 1 aromatic heterocycles. The highest BCUT2D eigenvalue weighted by atomic mass is 16.2. The van der Waals surface area contributed by atoms with E-state index in [-0.39, 0.29) is 23.2 Å². The summed E-state index contributed by atoms with van der Waals surface area (Å²) in [4.78, 5) is 33.2. The molecule has 27 heavy (non-hydrogen) atoms. The second-order valence-corrected chi connectivity index (χ2v) is 6.58. The molecule has 0 radical (unpaired) electrons. The van der Waals surface area contributed by atoms with E-state index in [1.165, 1.54) is 18.5 Å². The number of anilines is 2. The van der Waals surface area contributed by atoms with Crippen LogP contribution in [0.3, 0.4) is 0 Å². The van der Waals surface area contributed by atoms with E-state index in [1.54, 1.807) is 23.1 Å². The molecule has 3 rings (SSSR count). The molecule has 142 valence electrons. The average molecular weight is 366 g/mol. The molecule has 1 aliphatic heterocycles. The van der Waals surface area contributed by atoms with Gasteiger partial charge in [0.2, 0.25) is 0 Å². The van der Waals surface area contributed by atoms with Crippen LogP contribution in [0, 0.1) is 0 Å². The summed E-state index contributed by atoms with van der Waals surface area (Å²) in [6.07, 6.45) is 2.46. The second-order valence-electron chi connectivity index (χ2n) is 6.58. The van der Waals surface area contributed by atoms with Gasteiger partial charge in [0.1, 0.15) is 11.4 Å². The standard InChI is InChI=1S/C21H26N4O2/c1-3-24(4-2)21(27)19-9-7-8-18(23-19)20(26)22-16-10-12-17(13-11-16)25-14-5-6-15-25/h7-13H,3-6,14-15H2,1-2H3,(H,22,26). The number of carbonyl (C=O) groups excluding carboxylic acids is 2. The van der Waals surface area contributed by atoms with Gasteiger partial charge in [-0.15, -0.1) is 0 Å². The zero-order valence-corrected chi connectivity index (χ0v) is 15.9. The lowest BCUT2D eigenvalue weighted by molar-refractivity contribution is 0.0767. The Kier molecular flexibility index (Phi) is 6.06. The molecule has 2 amide bonds. The fourth-order valence-electron chi connectivity index (χ4n) is 3.28. The van der Waals surface area contributed by atoms with Crippen molar-refractivity contribution in [3.63, 3.8) is 0 Å². The third-order valence-corrected chi connectivity index (χ3v) is 4.85. The number of aromatic nitrogens is 1. The Balaban J connectivity index is 1.69. The Morgan fingerprint density at radius 1 is 1.00 bits per heavy atom. The average Bonchev–Trinajstić information content (AvgIpc) is 3.24. The molecule has 1 aromatic carbocycles. The zero-order valence-electron chi connectivity index (χ0n) is 15.9. The Morgan fingerprint density at radius 2 is 1.63 bits per heavy atom. The van der Waals surface area contributed by atoms with E-state index in [4.69, 9.17) is 0 Å². The number of hydrogen-bond acceptors (Lipinski definition) is 4. The number of nitrogens with one attached hydrogen (secondary N) is 1. The van der Waals surface area contributed by atoms with Crippen molar-refractivity contribution in [2.24, 2.45) is 0 Å². The summed E-state index contributed by atoms with van der Waals surface area (Å²) in [6, 6.07) is 12.8. The molecular weight excluding hydrogens is 340 g/mol. The van der Waals surface area contributed by atoms with Crippen LogP contribution in [0.4, 0.5) is 11.4 Å². The summed E-state index contributed by atoms with van der Waals surface area (Å²) in [6.45, 7) is 7.23. The molecule has 2 heterocycles. The number of carbonyl (C=O) groups is 2. The predicted molar refractivity (Wildman–Crippen MR) is 107 cm³/mol. The summed E-state index contributed by atoms with van der Waals surface area (Å²) in [5.74, 6) is -0.484. The molecular formula is C21H26N4O2. The van der Waals surface area contributed by atoms with E-state index in [0.29, 0.717) is 18.8 Å². The van der Waals surface area contributed by atoms with Crippen molar-refractivity contribution in [2.45, 2.75) is 26.7 Å². The van der Waals surface area contributed by atoms with Crippen molar-refractivity contribution in [2.75, 3.05) is 36.4 Å². The molecule has 0 atom stereocenters. The first-order chi connectivity index (χ1) is 13.1. The molecule has 0 saturated carbocycles. The Hall–Kier alpha value is -2.89. The molecule has 0 aliphatic carbocycles. The first-order valence-electron chi connectivity index (χ1n) is 9.55. The molecule has 1 N–H and O–H groups in total. The maximum atomic E-state index is 12.5. The molecule has 0 bridgehead atoms. The number of benzene rings is 1. The van der Waals surface area contributed by atoms with Crippen molar-refractivity contribution in [1.29, 1.82) is 0 Å². The van der Waals surface area contributed by atoms with Gasteiger partial charge in [0, 0.05) is 37.6 Å². The van der Waals surface area contributed by atoms with E-state index < -0.39 is 0 Å². The van der Waals surface area contributed by atoms with Crippen LogP contribution in [0.5, 0.6) is 0 Å².